The highest BCUT2D eigenvalue weighted by Gasteiger charge is 2.73. The third kappa shape index (κ3) is 5.68. The normalized spacial score (nSPS) is 15.0. The molecule has 0 atom stereocenters. The number of nitrogens with one attached hydrogen (secondary N) is 1. The molecule has 2 heterocycles. The number of halogens is 6. The molecule has 3 aromatic rings. The van der Waals surface area contributed by atoms with Crippen LogP contribution in [-0.2, 0) is 10.8 Å². The van der Waals surface area contributed by atoms with Crippen molar-refractivity contribution in [3.05, 3.63) is 98.1 Å². The van der Waals surface area contributed by atoms with Gasteiger partial charge in [-0.2, -0.15) is 26.3 Å². The van der Waals surface area contributed by atoms with Gasteiger partial charge >= 0.3 is 12.4 Å². The third-order valence-electron chi connectivity index (χ3n) is 8.24. The summed E-state index contributed by atoms with van der Waals surface area (Å²) >= 11 is 0. The molecule has 0 saturated heterocycles. The van der Waals surface area contributed by atoms with Gasteiger partial charge in [0, 0.05) is 0 Å². The lowest BCUT2D eigenvalue weighted by molar-refractivity contribution is -0.288. The van der Waals surface area contributed by atoms with E-state index in [1.807, 2.05) is 33.0 Å². The minimum atomic E-state index is -6.04. The lowest BCUT2D eigenvalue weighted by atomic mass is 9.71. The van der Waals surface area contributed by atoms with Crippen LogP contribution in [0.2, 0.25) is 0 Å². The van der Waals surface area contributed by atoms with Crippen molar-refractivity contribution in [1.82, 2.24) is 5.32 Å². The number of carbonyl (C=O) groups is 4. The van der Waals surface area contributed by atoms with Crippen molar-refractivity contribution in [3.8, 4) is 0 Å². The molecular weight excluding hydrogens is 638 g/mol. The van der Waals surface area contributed by atoms with Gasteiger partial charge in [-0.3, -0.25) is 24.5 Å². The van der Waals surface area contributed by atoms with Crippen LogP contribution in [0.1, 0.15) is 116 Å². The molecule has 1 N–H and O–H groups in total. The molecule has 0 fully saturated rings. The first-order chi connectivity index (χ1) is 21.9. The molecule has 0 aliphatic carbocycles. The highest BCUT2D eigenvalue weighted by molar-refractivity contribution is 6.35. The maximum Gasteiger partial charge on any atom is 0.411 e. The average molecular weight is 675 g/mol. The molecule has 2 aliphatic heterocycles. The van der Waals surface area contributed by atoms with Gasteiger partial charge in [-0.25, -0.2) is 4.90 Å². The third-order valence-corrected chi connectivity index (χ3v) is 8.24. The maximum absolute atomic E-state index is 14.9. The molecule has 6 nitrogen and oxygen atoms in total. The minimum absolute atomic E-state index is 0.209. The molecule has 2 aliphatic rings. The second-order valence-electron chi connectivity index (χ2n) is 13.8. The Kier molecular flexibility index (Phi) is 9.01. The fourth-order valence-electron chi connectivity index (χ4n) is 6.73. The van der Waals surface area contributed by atoms with Crippen LogP contribution in [0.15, 0.2) is 42.5 Å². The molecule has 0 bridgehead atoms. The minimum Gasteiger partial charge on any atom is -0.288 e. The summed E-state index contributed by atoms with van der Waals surface area (Å²) in [7, 11) is 0. The number of carbonyl (C=O) groups excluding carboxylic acids is 4. The van der Waals surface area contributed by atoms with E-state index in [0.717, 1.165) is 34.1 Å². The molecule has 0 spiro atoms. The second-order valence-corrected chi connectivity index (χ2v) is 13.8. The monoisotopic (exact) mass is 674 g/mol. The molecule has 12 heteroatoms. The number of aryl methyl sites for hydroxylation is 2. The van der Waals surface area contributed by atoms with Gasteiger partial charge in [0.2, 0.25) is 5.41 Å². The van der Waals surface area contributed by atoms with E-state index in [-0.39, 0.29) is 16.8 Å². The number of hydrogen-bond acceptors (Lipinski definition) is 4. The number of benzene rings is 3. The lowest BCUT2D eigenvalue weighted by Gasteiger charge is -2.38. The Morgan fingerprint density at radius 1 is 0.625 bits per heavy atom. The largest absolute Gasteiger partial charge is 0.411 e. The topological polar surface area (TPSA) is 83.6 Å². The predicted molar refractivity (Wildman–Crippen MR) is 169 cm³/mol. The average Bonchev–Trinajstić information content (AvgIpc) is 3.32. The van der Waals surface area contributed by atoms with Crippen LogP contribution in [-0.4, -0.2) is 36.0 Å². The van der Waals surface area contributed by atoms with Crippen LogP contribution in [0.4, 0.5) is 32.0 Å². The fraction of sp³-hybridized carbons (Fsp3) is 0.389. The van der Waals surface area contributed by atoms with Crippen molar-refractivity contribution in [3.63, 3.8) is 0 Å². The Labute approximate surface area is 274 Å². The molecule has 0 radical (unpaired) electrons. The Bertz CT molecular complexity index is 1850. The zero-order valence-corrected chi connectivity index (χ0v) is 28.0. The molecule has 4 amide bonds. The van der Waals surface area contributed by atoms with Crippen molar-refractivity contribution >= 4 is 29.3 Å². The van der Waals surface area contributed by atoms with E-state index in [4.69, 9.17) is 0 Å². The zero-order chi connectivity index (χ0) is 36.5. The van der Waals surface area contributed by atoms with Crippen molar-refractivity contribution in [2.45, 2.75) is 85.5 Å². The summed E-state index contributed by atoms with van der Waals surface area (Å²) < 4.78 is 89.3. The first kappa shape index (κ1) is 36.4. The second kappa shape index (κ2) is 11.9. The predicted octanol–water partition coefficient (Wildman–Crippen LogP) is 8.67. The van der Waals surface area contributed by atoms with Gasteiger partial charge < -0.3 is 0 Å². The van der Waals surface area contributed by atoms with E-state index in [2.05, 4.69) is 20.8 Å². The van der Waals surface area contributed by atoms with Crippen LogP contribution in [0.3, 0.4) is 0 Å². The first-order valence-electron chi connectivity index (χ1n) is 15.2. The Morgan fingerprint density at radius 2 is 1.06 bits per heavy atom. The van der Waals surface area contributed by atoms with Crippen molar-refractivity contribution in [2.24, 2.45) is 5.92 Å². The number of fused-ring (bicyclic) bond motifs is 2. The number of alkyl halides is 6. The molecule has 0 unspecified atom stereocenters. The van der Waals surface area contributed by atoms with Gasteiger partial charge in [0.15, 0.2) is 0 Å². The van der Waals surface area contributed by atoms with Crippen LogP contribution >= 0.6 is 0 Å². The number of anilines is 1. The van der Waals surface area contributed by atoms with E-state index < -0.39 is 69.1 Å². The molecule has 256 valence electrons. The summed E-state index contributed by atoms with van der Waals surface area (Å²) in [5.74, 6) is -3.23. The number of rotatable bonds is 3. The number of nitrogens with zero attached hydrogens (tertiary/aromatic N) is 1. The van der Waals surface area contributed by atoms with Crippen LogP contribution in [0, 0.1) is 26.7 Å². The Balaban J connectivity index is 0.00000123. The van der Waals surface area contributed by atoms with E-state index in [9.17, 15) is 45.5 Å². The van der Waals surface area contributed by atoms with Gasteiger partial charge in [0.05, 0.1) is 27.9 Å². The first-order valence-corrected chi connectivity index (χ1v) is 15.2. The Hall–Kier alpha value is -4.48. The molecule has 5 rings (SSSR count). The smallest absolute Gasteiger partial charge is 0.288 e. The van der Waals surface area contributed by atoms with Gasteiger partial charge in [-0.15, -0.1) is 0 Å². The highest BCUT2D eigenvalue weighted by atomic mass is 19.4. The van der Waals surface area contributed by atoms with Crippen molar-refractivity contribution in [2.75, 3.05) is 4.90 Å². The summed E-state index contributed by atoms with van der Waals surface area (Å²) in [5.41, 5.74) is -6.87. The van der Waals surface area contributed by atoms with E-state index in [1.54, 1.807) is 19.9 Å². The SMILES string of the molecule is CC(C)C.Cc1cc(C)c(C(C)(C)C)c(C)c1N1C(=O)c2ccc(C(c3ccc4c(c3)C(=O)NC4=O)(C(F)(F)F)C(F)(F)F)cc2C1=O. The van der Waals surface area contributed by atoms with Gasteiger partial charge in [0.25, 0.3) is 23.6 Å². The highest BCUT2D eigenvalue weighted by Crippen LogP contribution is 2.57. The summed E-state index contributed by atoms with van der Waals surface area (Å²) in [6, 6.07) is 5.10. The van der Waals surface area contributed by atoms with Crippen LogP contribution in [0.5, 0.6) is 0 Å². The summed E-state index contributed by atoms with van der Waals surface area (Å²) in [6.45, 7) is 17.5. The summed E-state index contributed by atoms with van der Waals surface area (Å²) in [6.07, 6.45) is -12.1. The molecule has 48 heavy (non-hydrogen) atoms. The molecule has 0 aromatic heterocycles. The van der Waals surface area contributed by atoms with E-state index in [1.165, 1.54) is 0 Å². The van der Waals surface area contributed by atoms with E-state index >= 15 is 0 Å². The zero-order valence-electron chi connectivity index (χ0n) is 28.0. The number of hydrogen-bond donors (Lipinski definition) is 1. The molecular formula is C36H36F6N2O4. The van der Waals surface area contributed by atoms with Crippen molar-refractivity contribution < 1.29 is 45.5 Å². The maximum atomic E-state index is 14.9. The van der Waals surface area contributed by atoms with Gasteiger partial charge in [-0.1, -0.05) is 59.7 Å². The molecule has 3 aromatic carbocycles. The lowest BCUT2D eigenvalue weighted by Crippen LogP contribution is -2.55. The number of imide groups is 2. The Morgan fingerprint density at radius 3 is 1.54 bits per heavy atom. The molecule has 0 saturated carbocycles. The number of amides is 4. The van der Waals surface area contributed by atoms with Crippen LogP contribution in [0.25, 0.3) is 0 Å². The van der Waals surface area contributed by atoms with Gasteiger partial charge in [0.1, 0.15) is 0 Å². The quantitative estimate of drug-likeness (QED) is 0.223. The summed E-state index contributed by atoms with van der Waals surface area (Å²) in [5, 5.41) is 1.84. The van der Waals surface area contributed by atoms with Gasteiger partial charge in [-0.05, 0) is 89.8 Å². The standard InChI is InChI=1S/C32H26F6N2O4.C4H10/c1-14-11-15(2)24(16(3)23(14)29(4,5)6)40-27(43)20-10-8-18(13-22(20)28(40)44)30(31(33,34)35,32(36,37)38)17-7-9-19-21(12-17)26(42)39-25(19)41;1-4(2)3/h7-13H,1-6H3,(H,39,41,42);4H,1-3H3. The summed E-state index contributed by atoms with van der Waals surface area (Å²) in [4.78, 5) is 52.2. The fourth-order valence-corrected chi connectivity index (χ4v) is 6.73. The van der Waals surface area contributed by atoms with Crippen LogP contribution < -0.4 is 10.2 Å². The van der Waals surface area contributed by atoms with E-state index in [0.29, 0.717) is 35.4 Å². The van der Waals surface area contributed by atoms with Crippen molar-refractivity contribution in [1.29, 1.82) is 0 Å².